The fourth-order valence-electron chi connectivity index (χ4n) is 2.36. The van der Waals surface area contributed by atoms with E-state index in [2.05, 4.69) is 25.4 Å². The van der Waals surface area contributed by atoms with Gasteiger partial charge >= 0.3 is 0 Å². The molecule has 1 aromatic carbocycles. The highest BCUT2D eigenvalue weighted by Crippen LogP contribution is 2.27. The van der Waals surface area contributed by atoms with Gasteiger partial charge in [0.25, 0.3) is 0 Å². The smallest absolute Gasteiger partial charge is 0.162 e. The van der Waals surface area contributed by atoms with Crippen molar-refractivity contribution in [2.24, 2.45) is 7.05 Å². The Bertz CT molecular complexity index is 1030. The number of hydrogen-bond donors (Lipinski definition) is 0. The first-order valence-corrected chi connectivity index (χ1v) is 10.0. The first-order chi connectivity index (χ1) is 12.7. The SMILES string of the molecule is Cn1ncc2c(SCc3csc(COc4ccc(Cl)cc4)n3)ncnc21. The Morgan fingerprint density at radius 3 is 2.92 bits per heavy atom. The number of aryl methyl sites for hydroxylation is 1. The summed E-state index contributed by atoms with van der Waals surface area (Å²) < 4.78 is 7.48. The summed E-state index contributed by atoms with van der Waals surface area (Å²) in [6.45, 7) is 0.442. The van der Waals surface area contributed by atoms with Gasteiger partial charge in [-0.2, -0.15) is 5.10 Å². The van der Waals surface area contributed by atoms with Crippen LogP contribution in [0, 0.1) is 0 Å². The van der Waals surface area contributed by atoms with Crippen LogP contribution < -0.4 is 4.74 Å². The lowest BCUT2D eigenvalue weighted by Gasteiger charge is -2.03. The van der Waals surface area contributed by atoms with Gasteiger partial charge < -0.3 is 4.74 Å². The van der Waals surface area contributed by atoms with E-state index in [0.29, 0.717) is 11.6 Å². The quantitative estimate of drug-likeness (QED) is 0.352. The van der Waals surface area contributed by atoms with Crippen LogP contribution in [0.4, 0.5) is 0 Å². The summed E-state index contributed by atoms with van der Waals surface area (Å²) in [6.07, 6.45) is 3.36. The molecule has 4 aromatic rings. The van der Waals surface area contributed by atoms with Gasteiger partial charge in [-0.05, 0) is 24.3 Å². The maximum Gasteiger partial charge on any atom is 0.162 e. The van der Waals surface area contributed by atoms with E-state index >= 15 is 0 Å². The van der Waals surface area contributed by atoms with Gasteiger partial charge in [-0.25, -0.2) is 15.0 Å². The predicted molar refractivity (Wildman–Crippen MR) is 104 cm³/mol. The van der Waals surface area contributed by atoms with Crippen molar-refractivity contribution in [3.63, 3.8) is 0 Å². The van der Waals surface area contributed by atoms with Crippen molar-refractivity contribution in [2.75, 3.05) is 0 Å². The van der Waals surface area contributed by atoms with E-state index in [1.807, 2.05) is 31.3 Å². The van der Waals surface area contributed by atoms with Gasteiger partial charge in [0.05, 0.1) is 17.3 Å². The summed E-state index contributed by atoms with van der Waals surface area (Å²) >= 11 is 9.09. The number of hydrogen-bond acceptors (Lipinski definition) is 7. The molecule has 4 rings (SSSR count). The van der Waals surface area contributed by atoms with E-state index in [9.17, 15) is 0 Å². The highest BCUT2D eigenvalue weighted by Gasteiger charge is 2.10. The first kappa shape index (κ1) is 17.3. The minimum Gasteiger partial charge on any atom is -0.486 e. The number of aromatic nitrogens is 5. The lowest BCUT2D eigenvalue weighted by Crippen LogP contribution is -1.95. The summed E-state index contributed by atoms with van der Waals surface area (Å²) in [5.74, 6) is 1.51. The largest absolute Gasteiger partial charge is 0.486 e. The van der Waals surface area contributed by atoms with Crippen molar-refractivity contribution in [1.29, 1.82) is 0 Å². The van der Waals surface area contributed by atoms with Gasteiger partial charge in [0, 0.05) is 23.2 Å². The molecule has 0 radical (unpaired) electrons. The number of nitrogens with zero attached hydrogens (tertiary/aromatic N) is 5. The number of benzene rings is 1. The Hall–Kier alpha value is -2.16. The molecular weight excluding hydrogens is 390 g/mol. The van der Waals surface area contributed by atoms with Crippen LogP contribution in [0.15, 0.2) is 47.2 Å². The summed E-state index contributed by atoms with van der Waals surface area (Å²) in [4.78, 5) is 13.2. The molecule has 0 N–H and O–H groups in total. The summed E-state index contributed by atoms with van der Waals surface area (Å²) in [7, 11) is 1.87. The maximum atomic E-state index is 5.87. The van der Waals surface area contributed by atoms with Crippen molar-refractivity contribution in [1.82, 2.24) is 24.7 Å². The Kier molecular flexibility index (Phi) is 5.05. The van der Waals surface area contributed by atoms with Crippen LogP contribution in [0.3, 0.4) is 0 Å². The molecular formula is C17H14ClN5OS2. The van der Waals surface area contributed by atoms with E-state index in [1.54, 1.807) is 40.3 Å². The molecule has 26 heavy (non-hydrogen) atoms. The average molecular weight is 404 g/mol. The number of fused-ring (bicyclic) bond motifs is 1. The minimum atomic E-state index is 0.442. The van der Waals surface area contributed by atoms with Crippen molar-refractivity contribution < 1.29 is 4.74 Å². The van der Waals surface area contributed by atoms with Gasteiger partial charge in [0.15, 0.2) is 5.65 Å². The van der Waals surface area contributed by atoms with Crippen LogP contribution in [-0.2, 0) is 19.4 Å². The fraction of sp³-hybridized carbons (Fsp3) is 0.176. The van der Waals surface area contributed by atoms with Crippen LogP contribution >= 0.6 is 34.7 Å². The van der Waals surface area contributed by atoms with Crippen LogP contribution in [0.2, 0.25) is 5.02 Å². The molecule has 3 aromatic heterocycles. The molecule has 0 saturated carbocycles. The highest BCUT2D eigenvalue weighted by atomic mass is 35.5. The average Bonchev–Trinajstić information content (AvgIpc) is 3.27. The summed E-state index contributed by atoms with van der Waals surface area (Å²) in [5.41, 5.74) is 1.84. The third kappa shape index (κ3) is 3.82. The van der Waals surface area contributed by atoms with Gasteiger partial charge in [-0.3, -0.25) is 4.68 Å². The maximum absolute atomic E-state index is 5.87. The van der Waals surface area contributed by atoms with E-state index in [1.165, 1.54) is 0 Å². The molecule has 0 fully saturated rings. The third-order valence-electron chi connectivity index (χ3n) is 3.62. The minimum absolute atomic E-state index is 0.442. The Morgan fingerprint density at radius 2 is 2.08 bits per heavy atom. The van der Waals surface area contributed by atoms with Crippen molar-refractivity contribution in [3.05, 3.63) is 57.9 Å². The lowest BCUT2D eigenvalue weighted by atomic mass is 10.3. The van der Waals surface area contributed by atoms with E-state index in [0.717, 1.165) is 38.3 Å². The van der Waals surface area contributed by atoms with Crippen molar-refractivity contribution in [2.45, 2.75) is 17.4 Å². The lowest BCUT2D eigenvalue weighted by molar-refractivity contribution is 0.305. The molecule has 0 saturated heterocycles. The second-order valence-corrected chi connectivity index (χ2v) is 7.79. The summed E-state index contributed by atoms with van der Waals surface area (Å²) in [5, 5.41) is 9.79. The Morgan fingerprint density at radius 1 is 1.23 bits per heavy atom. The highest BCUT2D eigenvalue weighted by molar-refractivity contribution is 7.98. The van der Waals surface area contributed by atoms with E-state index in [4.69, 9.17) is 16.3 Å². The zero-order valence-electron chi connectivity index (χ0n) is 13.8. The molecule has 9 heteroatoms. The molecule has 0 atom stereocenters. The topological polar surface area (TPSA) is 65.7 Å². The number of thiazole rings is 1. The molecule has 0 amide bonds. The van der Waals surface area contributed by atoms with Gasteiger partial charge in [-0.1, -0.05) is 23.4 Å². The van der Waals surface area contributed by atoms with Crippen LogP contribution in [-0.4, -0.2) is 24.7 Å². The Balaban J connectivity index is 1.38. The third-order valence-corrected chi connectivity index (χ3v) is 5.79. The van der Waals surface area contributed by atoms with Crippen LogP contribution in [0.1, 0.15) is 10.7 Å². The molecule has 0 bridgehead atoms. The first-order valence-electron chi connectivity index (χ1n) is 7.76. The normalized spacial score (nSPS) is 11.2. The molecule has 0 spiro atoms. The van der Waals surface area contributed by atoms with E-state index < -0.39 is 0 Å². The molecule has 0 aliphatic heterocycles. The summed E-state index contributed by atoms with van der Waals surface area (Å²) in [6, 6.07) is 7.31. The number of rotatable bonds is 6. The van der Waals surface area contributed by atoms with Gasteiger partial charge in [-0.15, -0.1) is 11.3 Å². The molecule has 0 aliphatic rings. The number of ether oxygens (including phenoxy) is 1. The molecule has 0 unspecified atom stereocenters. The number of thioether (sulfide) groups is 1. The standard InChI is InChI=1S/C17H14ClN5OS2/c1-23-16-14(6-21-23)17(20-10-19-16)26-9-12-8-25-15(22-12)7-24-13-4-2-11(18)3-5-13/h2-6,8,10H,7,9H2,1H3. The van der Waals surface area contributed by atoms with Gasteiger partial charge in [0.2, 0.25) is 0 Å². The number of halogens is 1. The van der Waals surface area contributed by atoms with Gasteiger partial charge in [0.1, 0.15) is 28.7 Å². The molecule has 6 nitrogen and oxygen atoms in total. The second kappa shape index (κ2) is 7.61. The predicted octanol–water partition coefficient (Wildman–Crippen LogP) is 4.34. The van der Waals surface area contributed by atoms with Crippen molar-refractivity contribution >= 4 is 45.7 Å². The van der Waals surface area contributed by atoms with Crippen molar-refractivity contribution in [3.8, 4) is 5.75 Å². The zero-order valence-corrected chi connectivity index (χ0v) is 16.2. The molecule has 132 valence electrons. The Labute approximate surface area is 163 Å². The monoisotopic (exact) mass is 403 g/mol. The fourth-order valence-corrected chi connectivity index (χ4v) is 4.15. The van der Waals surface area contributed by atoms with E-state index in [-0.39, 0.29) is 0 Å². The molecule has 3 heterocycles. The molecule has 0 aliphatic carbocycles. The zero-order chi connectivity index (χ0) is 17.9. The second-order valence-electron chi connectivity index (χ2n) is 5.45. The van der Waals surface area contributed by atoms with Crippen LogP contribution in [0.5, 0.6) is 5.75 Å². The van der Waals surface area contributed by atoms with Crippen LogP contribution in [0.25, 0.3) is 11.0 Å².